The average Bonchev–Trinajstić information content (AvgIpc) is 3.19. The van der Waals surface area contributed by atoms with Gasteiger partial charge in [-0.25, -0.2) is 9.97 Å². The van der Waals surface area contributed by atoms with Crippen molar-refractivity contribution in [3.63, 3.8) is 0 Å². The van der Waals surface area contributed by atoms with Crippen LogP contribution in [-0.2, 0) is 4.74 Å². The van der Waals surface area contributed by atoms with Crippen molar-refractivity contribution in [3.05, 3.63) is 18.6 Å². The number of nitrogens with zero attached hydrogens (tertiary/aromatic N) is 4. The van der Waals surface area contributed by atoms with Crippen LogP contribution < -0.4 is 5.73 Å². The van der Waals surface area contributed by atoms with Crippen LogP contribution in [0.1, 0.15) is 31.9 Å². The first-order chi connectivity index (χ1) is 10.3. The summed E-state index contributed by atoms with van der Waals surface area (Å²) in [5, 5.41) is 0.907. The van der Waals surface area contributed by atoms with E-state index in [1.54, 1.807) is 0 Å². The zero-order valence-corrected chi connectivity index (χ0v) is 12.1. The van der Waals surface area contributed by atoms with Gasteiger partial charge in [0.2, 0.25) is 0 Å². The highest BCUT2D eigenvalue weighted by atomic mass is 16.5. The first-order valence-corrected chi connectivity index (χ1v) is 7.76. The summed E-state index contributed by atoms with van der Waals surface area (Å²) in [6.07, 6.45) is 8.74. The highest BCUT2D eigenvalue weighted by molar-refractivity contribution is 5.86. The normalized spacial score (nSPS) is 26.9. The molecule has 0 bridgehead atoms. The van der Waals surface area contributed by atoms with Gasteiger partial charge in [0, 0.05) is 12.7 Å². The second kappa shape index (κ2) is 5.27. The number of hydrogen-bond acceptors (Lipinski definition) is 5. The van der Waals surface area contributed by atoms with Crippen molar-refractivity contribution in [2.24, 2.45) is 0 Å². The van der Waals surface area contributed by atoms with E-state index in [1.807, 2.05) is 12.3 Å². The van der Waals surface area contributed by atoms with Gasteiger partial charge in [-0.05, 0) is 44.8 Å². The van der Waals surface area contributed by atoms with Gasteiger partial charge < -0.3 is 19.9 Å². The van der Waals surface area contributed by atoms with Gasteiger partial charge in [0.1, 0.15) is 24.0 Å². The van der Waals surface area contributed by atoms with Crippen LogP contribution in [0, 0.1) is 0 Å². The number of nitrogen functional groups attached to an aromatic ring is 1. The number of nitrogens with two attached hydrogens (primary N) is 1. The molecule has 2 atom stereocenters. The van der Waals surface area contributed by atoms with Gasteiger partial charge in [-0.3, -0.25) is 0 Å². The van der Waals surface area contributed by atoms with E-state index in [-0.39, 0.29) is 6.23 Å². The molecular weight excluding hydrogens is 266 g/mol. The molecule has 6 nitrogen and oxygen atoms in total. The summed E-state index contributed by atoms with van der Waals surface area (Å²) in [4.78, 5) is 10.9. The molecule has 4 heterocycles. The maximum Gasteiger partial charge on any atom is 0.147 e. The molecule has 2 N–H and O–H groups in total. The lowest BCUT2D eigenvalue weighted by atomic mass is 10.2. The van der Waals surface area contributed by atoms with Crippen LogP contribution in [0.25, 0.3) is 11.0 Å². The Morgan fingerprint density at radius 2 is 2.10 bits per heavy atom. The highest BCUT2D eigenvalue weighted by Crippen LogP contribution is 2.32. The maximum absolute atomic E-state index is 6.24. The van der Waals surface area contributed by atoms with Crippen LogP contribution in [-0.4, -0.2) is 45.2 Å². The molecule has 0 spiro atoms. The summed E-state index contributed by atoms with van der Waals surface area (Å²) in [5.74, 6) is 0.533. The number of likely N-dealkylation sites (tertiary alicyclic amines) is 1. The third kappa shape index (κ3) is 2.38. The molecule has 2 aromatic heterocycles. The molecule has 2 saturated heterocycles. The first-order valence-electron chi connectivity index (χ1n) is 7.76. The Hall–Kier alpha value is -1.66. The molecule has 0 aliphatic carbocycles. The molecule has 2 aromatic rings. The van der Waals surface area contributed by atoms with E-state index in [0.717, 1.165) is 30.4 Å². The Morgan fingerprint density at radius 3 is 2.95 bits per heavy atom. The zero-order valence-electron chi connectivity index (χ0n) is 12.1. The van der Waals surface area contributed by atoms with Crippen LogP contribution >= 0.6 is 0 Å². The van der Waals surface area contributed by atoms with Gasteiger partial charge in [-0.15, -0.1) is 0 Å². The van der Waals surface area contributed by atoms with E-state index in [0.29, 0.717) is 11.9 Å². The van der Waals surface area contributed by atoms with Crippen molar-refractivity contribution >= 4 is 16.9 Å². The SMILES string of the molecule is Nc1ncnc2c1ccn2C1CCC(CN2CCCC2)O1. The van der Waals surface area contributed by atoms with E-state index < -0.39 is 0 Å². The first kappa shape index (κ1) is 13.0. The fourth-order valence-corrected chi connectivity index (χ4v) is 3.50. The number of hydrogen-bond donors (Lipinski definition) is 1. The van der Waals surface area contributed by atoms with E-state index >= 15 is 0 Å². The average molecular weight is 287 g/mol. The minimum Gasteiger partial charge on any atom is -0.383 e. The molecule has 0 aromatic carbocycles. The minimum absolute atomic E-state index is 0.0735. The van der Waals surface area contributed by atoms with Crippen molar-refractivity contribution in [3.8, 4) is 0 Å². The Balaban J connectivity index is 1.50. The van der Waals surface area contributed by atoms with Crippen molar-refractivity contribution in [1.29, 1.82) is 0 Å². The molecule has 2 aliphatic rings. The molecule has 2 fully saturated rings. The number of anilines is 1. The van der Waals surface area contributed by atoms with Gasteiger partial charge in [0.15, 0.2) is 0 Å². The summed E-state index contributed by atoms with van der Waals surface area (Å²) in [7, 11) is 0. The molecule has 2 unspecified atom stereocenters. The Morgan fingerprint density at radius 1 is 1.24 bits per heavy atom. The minimum atomic E-state index is 0.0735. The van der Waals surface area contributed by atoms with Gasteiger partial charge in [0.25, 0.3) is 0 Å². The summed E-state index contributed by atoms with van der Waals surface area (Å²) < 4.78 is 8.33. The highest BCUT2D eigenvalue weighted by Gasteiger charge is 2.29. The van der Waals surface area contributed by atoms with Crippen molar-refractivity contribution in [2.45, 2.75) is 38.0 Å². The van der Waals surface area contributed by atoms with Gasteiger partial charge in [0.05, 0.1) is 11.5 Å². The fraction of sp³-hybridized carbons (Fsp3) is 0.600. The molecule has 0 amide bonds. The molecule has 21 heavy (non-hydrogen) atoms. The lowest BCUT2D eigenvalue weighted by Crippen LogP contribution is -2.29. The summed E-state index contributed by atoms with van der Waals surface area (Å²) >= 11 is 0. The molecule has 4 rings (SSSR count). The topological polar surface area (TPSA) is 69.2 Å². The van der Waals surface area contributed by atoms with Gasteiger partial charge >= 0.3 is 0 Å². The number of fused-ring (bicyclic) bond motifs is 1. The maximum atomic E-state index is 6.24. The molecule has 112 valence electrons. The monoisotopic (exact) mass is 287 g/mol. The lowest BCUT2D eigenvalue weighted by Gasteiger charge is -2.21. The number of aromatic nitrogens is 3. The lowest BCUT2D eigenvalue weighted by molar-refractivity contribution is -0.00846. The van der Waals surface area contributed by atoms with Crippen molar-refractivity contribution in [2.75, 3.05) is 25.4 Å². The number of rotatable bonds is 3. The third-order valence-corrected chi connectivity index (χ3v) is 4.60. The Bertz CT molecular complexity index is 634. The summed E-state index contributed by atoms with van der Waals surface area (Å²) in [6, 6.07) is 1.97. The molecular formula is C15H21N5O. The second-order valence-corrected chi connectivity index (χ2v) is 6.02. The predicted octanol–water partition coefficient (Wildman–Crippen LogP) is 1.79. The van der Waals surface area contributed by atoms with Crippen molar-refractivity contribution in [1.82, 2.24) is 19.4 Å². The van der Waals surface area contributed by atoms with Crippen LogP contribution in [0.2, 0.25) is 0 Å². The van der Waals surface area contributed by atoms with Gasteiger partial charge in [-0.1, -0.05) is 0 Å². The smallest absolute Gasteiger partial charge is 0.147 e. The van der Waals surface area contributed by atoms with Gasteiger partial charge in [-0.2, -0.15) is 0 Å². The largest absolute Gasteiger partial charge is 0.383 e. The summed E-state index contributed by atoms with van der Waals surface area (Å²) in [5.41, 5.74) is 6.76. The van der Waals surface area contributed by atoms with Crippen molar-refractivity contribution < 1.29 is 4.74 Å². The van der Waals surface area contributed by atoms with E-state index in [1.165, 1.54) is 32.3 Å². The Labute approximate surface area is 123 Å². The van der Waals surface area contributed by atoms with Crippen LogP contribution in [0.15, 0.2) is 18.6 Å². The zero-order chi connectivity index (χ0) is 14.2. The number of ether oxygens (including phenoxy) is 1. The fourth-order valence-electron chi connectivity index (χ4n) is 3.50. The van der Waals surface area contributed by atoms with Crippen LogP contribution in [0.4, 0.5) is 5.82 Å². The molecule has 6 heteroatoms. The quantitative estimate of drug-likeness (QED) is 0.932. The van der Waals surface area contributed by atoms with E-state index in [4.69, 9.17) is 10.5 Å². The molecule has 0 saturated carbocycles. The van der Waals surface area contributed by atoms with E-state index in [9.17, 15) is 0 Å². The van der Waals surface area contributed by atoms with E-state index in [2.05, 4.69) is 19.4 Å². The molecule has 2 aliphatic heterocycles. The van der Waals surface area contributed by atoms with Crippen LogP contribution in [0.3, 0.4) is 0 Å². The standard InChI is InChI=1S/C15H21N5O/c16-14-12-5-8-20(15(12)18-10-17-14)13-4-3-11(21-13)9-19-6-1-2-7-19/h5,8,10-11,13H,1-4,6-7,9H2,(H2,16,17,18). The Kier molecular flexibility index (Phi) is 3.27. The third-order valence-electron chi connectivity index (χ3n) is 4.60. The predicted molar refractivity (Wildman–Crippen MR) is 80.8 cm³/mol. The van der Waals surface area contributed by atoms with Crippen LogP contribution in [0.5, 0.6) is 0 Å². The second-order valence-electron chi connectivity index (χ2n) is 6.02. The summed E-state index contributed by atoms with van der Waals surface area (Å²) in [6.45, 7) is 3.51. The molecule has 0 radical (unpaired) electrons.